The van der Waals surface area contributed by atoms with E-state index in [1.807, 2.05) is 32.3 Å². The number of carbonyl (C=O) groups excluding carboxylic acids is 1. The number of Topliss-reactive ketones (excluding diaryl/α,β-unsaturated/α-hetero) is 1. The van der Waals surface area contributed by atoms with Gasteiger partial charge in [-0.25, -0.2) is 0 Å². The molecule has 1 aromatic rings. The second-order valence-corrected chi connectivity index (χ2v) is 11.4. The zero-order valence-corrected chi connectivity index (χ0v) is 19.9. The largest absolute Gasteiger partial charge is 0.393 e. The number of carbonyl (C=O) groups is 1. The van der Waals surface area contributed by atoms with Crippen LogP contribution in [-0.2, 0) is 21.3 Å². The van der Waals surface area contributed by atoms with Gasteiger partial charge in [-0.05, 0) is 37.5 Å². The van der Waals surface area contributed by atoms with Crippen molar-refractivity contribution in [2.45, 2.75) is 69.7 Å². The van der Waals surface area contributed by atoms with Gasteiger partial charge in [-0.2, -0.15) is 5.10 Å². The molecule has 184 valence electrons. The van der Waals surface area contributed by atoms with Crippen molar-refractivity contribution < 1.29 is 29.6 Å². The number of hydrogen-bond acceptors (Lipinski definition) is 7. The Morgan fingerprint density at radius 2 is 2.12 bits per heavy atom. The highest BCUT2D eigenvalue weighted by atomic mass is 16.7. The maximum absolute atomic E-state index is 13.4. The van der Waals surface area contributed by atoms with E-state index < -0.39 is 42.2 Å². The molecule has 0 bridgehead atoms. The molecule has 1 unspecified atom stereocenters. The van der Waals surface area contributed by atoms with E-state index >= 15 is 0 Å². The summed E-state index contributed by atoms with van der Waals surface area (Å²) < 4.78 is 14.6. The molecule has 1 saturated heterocycles. The number of ether oxygens (including phenoxy) is 2. The van der Waals surface area contributed by atoms with E-state index in [-0.39, 0.29) is 29.0 Å². The first-order chi connectivity index (χ1) is 16.1. The number of aliphatic hydroxyl groups is 3. The summed E-state index contributed by atoms with van der Waals surface area (Å²) in [4.78, 5) is 13.4. The van der Waals surface area contributed by atoms with Crippen LogP contribution in [0.3, 0.4) is 0 Å². The third-order valence-electron chi connectivity index (χ3n) is 9.89. The minimum atomic E-state index is -1.31. The third kappa shape index (κ3) is 2.72. The smallest absolute Gasteiger partial charge is 0.193 e. The molecule has 0 radical (unpaired) electrons. The minimum absolute atomic E-state index is 0.0106. The monoisotopic (exact) mass is 470 g/mol. The first kappa shape index (κ1) is 22.6. The molecule has 34 heavy (non-hydrogen) atoms. The number of ketones is 1. The molecule has 0 aromatic carbocycles. The Balaban J connectivity index is 1.40. The Hall–Kier alpha value is -1.84. The first-order valence-electron chi connectivity index (χ1n) is 12.4. The summed E-state index contributed by atoms with van der Waals surface area (Å²) in [6, 6.07) is 0. The van der Waals surface area contributed by atoms with Crippen LogP contribution in [0.15, 0.2) is 36.2 Å². The number of aliphatic hydroxyl groups excluding tert-OH is 3. The quantitative estimate of drug-likeness (QED) is 0.578. The van der Waals surface area contributed by atoms with E-state index in [4.69, 9.17) is 9.47 Å². The summed E-state index contributed by atoms with van der Waals surface area (Å²) >= 11 is 0. The van der Waals surface area contributed by atoms with Gasteiger partial charge in [-0.3, -0.25) is 9.48 Å². The van der Waals surface area contributed by atoms with Crippen LogP contribution in [0.5, 0.6) is 0 Å². The van der Waals surface area contributed by atoms with Crippen LogP contribution in [-0.4, -0.2) is 61.4 Å². The van der Waals surface area contributed by atoms with Gasteiger partial charge in [0, 0.05) is 35.6 Å². The summed E-state index contributed by atoms with van der Waals surface area (Å²) in [5.74, 6) is -0.102. The maximum atomic E-state index is 13.4. The molecule has 3 saturated carbocycles. The summed E-state index contributed by atoms with van der Waals surface area (Å²) in [5, 5.41) is 36.0. The molecule has 8 heteroatoms. The lowest BCUT2D eigenvalue weighted by Crippen LogP contribution is -2.63. The molecule has 2 heterocycles. The van der Waals surface area contributed by atoms with Crippen molar-refractivity contribution in [3.05, 3.63) is 41.8 Å². The van der Waals surface area contributed by atoms with Crippen LogP contribution < -0.4 is 0 Å². The van der Waals surface area contributed by atoms with Crippen molar-refractivity contribution in [3.63, 3.8) is 0 Å². The highest BCUT2D eigenvalue weighted by Crippen LogP contribution is 2.70. The number of rotatable bonds is 3. The van der Waals surface area contributed by atoms with E-state index in [1.165, 1.54) is 5.57 Å². The van der Waals surface area contributed by atoms with Gasteiger partial charge in [-0.15, -0.1) is 0 Å². The molecule has 8 nitrogen and oxygen atoms in total. The number of fused-ring (bicyclic) bond motifs is 7. The number of nitrogens with zero attached hydrogens (tertiary/aromatic N) is 2. The second-order valence-electron chi connectivity index (χ2n) is 11.4. The minimum Gasteiger partial charge on any atom is -0.393 e. The van der Waals surface area contributed by atoms with Crippen LogP contribution in [0.2, 0.25) is 0 Å². The Morgan fingerprint density at radius 3 is 2.82 bits per heavy atom. The topological polar surface area (TPSA) is 114 Å². The highest BCUT2D eigenvalue weighted by Gasteiger charge is 2.75. The van der Waals surface area contributed by atoms with Gasteiger partial charge in [0.2, 0.25) is 0 Å². The normalized spacial score (nSPS) is 49.1. The fourth-order valence-corrected chi connectivity index (χ4v) is 8.52. The zero-order chi connectivity index (χ0) is 24.0. The van der Waals surface area contributed by atoms with Crippen LogP contribution in [0.1, 0.15) is 51.4 Å². The van der Waals surface area contributed by atoms with E-state index in [0.29, 0.717) is 12.8 Å². The molecular formula is C26H34N2O6. The van der Waals surface area contributed by atoms with Crippen molar-refractivity contribution in [1.82, 2.24) is 9.78 Å². The highest BCUT2D eigenvalue weighted by molar-refractivity contribution is 5.91. The van der Waals surface area contributed by atoms with Crippen molar-refractivity contribution in [1.29, 1.82) is 0 Å². The summed E-state index contributed by atoms with van der Waals surface area (Å²) in [6.07, 6.45) is 9.63. The standard InChI is InChI=1S/C26H34N2O6/c1-24-7-6-16(30)8-15(24)4-5-17-18-9-21-26(20(32)13-29,25(18,2)10-19(31)22(17)24)34-23(33-21)14-11-27-28(3)12-14/h6-8,11-12,16-19,21-23,29-31H,4-5,9-10,13H2,1-3H3/t16?,17-,18-,19-,21+,22+,23+,24-,25-,26+/m0/s1. The van der Waals surface area contributed by atoms with E-state index in [9.17, 15) is 20.1 Å². The third-order valence-corrected chi connectivity index (χ3v) is 9.89. The molecule has 0 spiro atoms. The molecule has 6 rings (SSSR count). The predicted molar refractivity (Wildman–Crippen MR) is 121 cm³/mol. The van der Waals surface area contributed by atoms with Gasteiger partial charge < -0.3 is 24.8 Å². The summed E-state index contributed by atoms with van der Waals surface area (Å²) in [7, 11) is 1.81. The van der Waals surface area contributed by atoms with Gasteiger partial charge >= 0.3 is 0 Å². The molecule has 4 aliphatic carbocycles. The van der Waals surface area contributed by atoms with Crippen molar-refractivity contribution in [3.8, 4) is 0 Å². The number of aryl methyl sites for hydroxylation is 1. The second kappa shape index (κ2) is 7.34. The van der Waals surface area contributed by atoms with E-state index in [1.54, 1.807) is 10.9 Å². The first-order valence-corrected chi connectivity index (χ1v) is 12.4. The van der Waals surface area contributed by atoms with Crippen LogP contribution in [0.25, 0.3) is 0 Å². The molecule has 3 N–H and O–H groups in total. The molecular weight excluding hydrogens is 436 g/mol. The van der Waals surface area contributed by atoms with E-state index in [0.717, 1.165) is 18.4 Å². The number of allylic oxidation sites excluding steroid dienone is 2. The fourth-order valence-electron chi connectivity index (χ4n) is 8.52. The van der Waals surface area contributed by atoms with Crippen LogP contribution in [0, 0.1) is 28.6 Å². The van der Waals surface area contributed by atoms with Crippen LogP contribution in [0.4, 0.5) is 0 Å². The number of hydrogen-bond donors (Lipinski definition) is 3. The van der Waals surface area contributed by atoms with Gasteiger partial charge in [0.25, 0.3) is 0 Å². The zero-order valence-electron chi connectivity index (χ0n) is 19.9. The van der Waals surface area contributed by atoms with Gasteiger partial charge in [-0.1, -0.05) is 37.6 Å². The molecule has 0 amide bonds. The van der Waals surface area contributed by atoms with E-state index in [2.05, 4.69) is 18.1 Å². The van der Waals surface area contributed by atoms with Crippen molar-refractivity contribution >= 4 is 5.78 Å². The fraction of sp³-hybridized carbons (Fsp3) is 0.692. The van der Waals surface area contributed by atoms with Crippen molar-refractivity contribution in [2.75, 3.05) is 6.61 Å². The average molecular weight is 471 g/mol. The lowest BCUT2D eigenvalue weighted by Gasteiger charge is -2.60. The average Bonchev–Trinajstić information content (AvgIpc) is 3.45. The lowest BCUT2D eigenvalue weighted by atomic mass is 9.46. The Morgan fingerprint density at radius 1 is 1.32 bits per heavy atom. The Bertz CT molecular complexity index is 1080. The molecule has 1 aromatic heterocycles. The predicted octanol–water partition coefficient (Wildman–Crippen LogP) is 1.81. The van der Waals surface area contributed by atoms with Gasteiger partial charge in [0.15, 0.2) is 17.7 Å². The summed E-state index contributed by atoms with van der Waals surface area (Å²) in [6.45, 7) is 3.59. The van der Waals surface area contributed by atoms with Gasteiger partial charge in [0.1, 0.15) is 6.61 Å². The molecule has 5 aliphatic rings. The number of aromatic nitrogens is 2. The molecule has 10 atom stereocenters. The van der Waals surface area contributed by atoms with Gasteiger partial charge in [0.05, 0.1) is 24.5 Å². The Kier molecular flexibility index (Phi) is 4.88. The Labute approximate surface area is 199 Å². The lowest BCUT2D eigenvalue weighted by molar-refractivity contribution is -0.201. The maximum Gasteiger partial charge on any atom is 0.193 e. The molecule has 1 aliphatic heterocycles. The summed E-state index contributed by atoms with van der Waals surface area (Å²) in [5.41, 5.74) is -0.384. The van der Waals surface area contributed by atoms with Crippen LogP contribution >= 0.6 is 0 Å². The van der Waals surface area contributed by atoms with Crippen molar-refractivity contribution in [2.24, 2.45) is 35.6 Å². The SMILES string of the molecule is Cn1cc([C@@H]2O[C@@H]3C[C@H]4[C@@H]5CCC6=CC(O)C=C[C@]6(C)[C@H]5[C@@H](O)C[C@]4(C)[C@]3(C(=O)CO)O2)cn1. The molecule has 4 fully saturated rings.